The normalized spacial score (nSPS) is 16.2. The summed E-state index contributed by atoms with van der Waals surface area (Å²) in [6.07, 6.45) is -2.82. The van der Waals surface area contributed by atoms with Crippen LogP contribution < -0.4 is 9.64 Å². The van der Waals surface area contributed by atoms with E-state index in [1.165, 1.54) is 25.7 Å². The van der Waals surface area contributed by atoms with Gasteiger partial charge in [0.25, 0.3) is 11.8 Å². The highest BCUT2D eigenvalue weighted by atomic mass is 32.1. The van der Waals surface area contributed by atoms with Crippen LogP contribution in [0, 0.1) is 0 Å². The van der Waals surface area contributed by atoms with Crippen molar-refractivity contribution >= 4 is 35.4 Å². The molecule has 1 aromatic rings. The molecule has 0 radical (unpaired) electrons. The first kappa shape index (κ1) is 30.3. The Morgan fingerprint density at radius 3 is 2.30 bits per heavy atom. The van der Waals surface area contributed by atoms with Crippen LogP contribution in [0.5, 0.6) is 5.88 Å². The summed E-state index contributed by atoms with van der Waals surface area (Å²) in [6.45, 7) is 17.4. The van der Waals surface area contributed by atoms with E-state index in [0.29, 0.717) is 43.8 Å². The third-order valence-corrected chi connectivity index (χ3v) is 5.81. The van der Waals surface area contributed by atoms with Crippen LogP contribution in [0.2, 0.25) is 0 Å². The second kappa shape index (κ2) is 13.6. The Bertz CT molecular complexity index is 941. The Balaban J connectivity index is 2.12. The standard InChI is InChI=1S/C24H38N4O8S/c1-15(2)34-17(4)23(31)35-16(3)22(30)28(24(6,7)8)13-19(36-18(5)29)14-33-21-20(25-37-26-21)27-9-11-32-12-10-27/h16-17,19H,1,9-14H2,2-8H3/t16?,17?,19-/m0/s1. The van der Waals surface area contributed by atoms with E-state index in [4.69, 9.17) is 23.7 Å². The minimum Gasteiger partial charge on any atom is -0.484 e. The summed E-state index contributed by atoms with van der Waals surface area (Å²) < 4.78 is 35.9. The van der Waals surface area contributed by atoms with Gasteiger partial charge in [-0.05, 0) is 41.5 Å². The molecule has 12 nitrogen and oxygen atoms in total. The quantitative estimate of drug-likeness (QED) is 0.285. The molecule has 13 heteroatoms. The Labute approximate surface area is 222 Å². The Kier molecular flexibility index (Phi) is 11.1. The van der Waals surface area contributed by atoms with Crippen molar-refractivity contribution in [2.24, 2.45) is 0 Å². The summed E-state index contributed by atoms with van der Waals surface area (Å²) in [5.74, 6) is -0.383. The van der Waals surface area contributed by atoms with Crippen LogP contribution in [0.25, 0.3) is 0 Å². The van der Waals surface area contributed by atoms with Crippen molar-refractivity contribution in [1.29, 1.82) is 0 Å². The molecule has 2 heterocycles. The molecule has 3 atom stereocenters. The SMILES string of the molecule is C=C(C)OC(C)C(=O)OC(C)C(=O)N(C[C@@H](COc1nsnc1N1CCOCC1)OC(C)=O)C(C)(C)C. The first-order chi connectivity index (χ1) is 17.3. The summed E-state index contributed by atoms with van der Waals surface area (Å²) in [7, 11) is 0. The number of hydrogen-bond donors (Lipinski definition) is 0. The van der Waals surface area contributed by atoms with Gasteiger partial charge in [0.2, 0.25) is 5.82 Å². The molecular formula is C24H38N4O8S. The highest BCUT2D eigenvalue weighted by Gasteiger charge is 2.35. The lowest BCUT2D eigenvalue weighted by Gasteiger charge is -2.39. The molecule has 208 valence electrons. The summed E-state index contributed by atoms with van der Waals surface area (Å²) in [5.41, 5.74) is -0.683. The second-order valence-corrected chi connectivity index (χ2v) is 10.2. The number of rotatable bonds is 12. The molecule has 0 bridgehead atoms. The van der Waals surface area contributed by atoms with E-state index in [-0.39, 0.29) is 13.2 Å². The van der Waals surface area contributed by atoms with E-state index in [0.717, 1.165) is 11.7 Å². The highest BCUT2D eigenvalue weighted by Crippen LogP contribution is 2.27. The lowest BCUT2D eigenvalue weighted by molar-refractivity contribution is -0.169. The molecule has 0 aliphatic carbocycles. The molecule has 1 fully saturated rings. The van der Waals surface area contributed by atoms with Crippen LogP contribution in [0.3, 0.4) is 0 Å². The van der Waals surface area contributed by atoms with Gasteiger partial charge >= 0.3 is 11.9 Å². The van der Waals surface area contributed by atoms with Crippen molar-refractivity contribution in [2.45, 2.75) is 72.3 Å². The van der Waals surface area contributed by atoms with E-state index in [9.17, 15) is 14.4 Å². The first-order valence-corrected chi connectivity index (χ1v) is 12.8. The molecule has 1 saturated heterocycles. The highest BCUT2D eigenvalue weighted by molar-refractivity contribution is 6.99. The third kappa shape index (κ3) is 9.47. The summed E-state index contributed by atoms with van der Waals surface area (Å²) in [6, 6.07) is 0. The first-order valence-electron chi connectivity index (χ1n) is 12.1. The van der Waals surface area contributed by atoms with E-state index in [2.05, 4.69) is 15.3 Å². The monoisotopic (exact) mass is 542 g/mol. The fraction of sp³-hybridized carbons (Fsp3) is 0.708. The van der Waals surface area contributed by atoms with E-state index in [1.54, 1.807) is 6.92 Å². The van der Waals surface area contributed by atoms with Crippen molar-refractivity contribution in [1.82, 2.24) is 13.6 Å². The Morgan fingerprint density at radius 1 is 1.08 bits per heavy atom. The molecule has 1 aliphatic rings. The minimum absolute atomic E-state index is 0.00603. The van der Waals surface area contributed by atoms with E-state index >= 15 is 0 Å². The van der Waals surface area contributed by atoms with Crippen LogP contribution in [0.1, 0.15) is 48.5 Å². The van der Waals surface area contributed by atoms with Gasteiger partial charge in [0.15, 0.2) is 18.3 Å². The van der Waals surface area contributed by atoms with Crippen LogP contribution in [0.15, 0.2) is 12.3 Å². The molecule has 2 rings (SSSR count). The number of carbonyl (C=O) groups excluding carboxylic acids is 3. The van der Waals surface area contributed by atoms with E-state index in [1.807, 2.05) is 25.7 Å². The number of nitrogens with zero attached hydrogens (tertiary/aromatic N) is 4. The largest absolute Gasteiger partial charge is 0.484 e. The molecular weight excluding hydrogens is 504 g/mol. The summed E-state index contributed by atoms with van der Waals surface area (Å²) in [5, 5.41) is 0. The number of ether oxygens (including phenoxy) is 5. The van der Waals surface area contributed by atoms with Gasteiger partial charge in [-0.3, -0.25) is 9.59 Å². The average molecular weight is 543 g/mol. The molecule has 0 saturated carbocycles. The molecule has 0 spiro atoms. The van der Waals surface area contributed by atoms with Gasteiger partial charge in [0.1, 0.15) is 6.61 Å². The zero-order chi connectivity index (χ0) is 27.8. The predicted molar refractivity (Wildman–Crippen MR) is 136 cm³/mol. The number of amides is 1. The zero-order valence-corrected chi connectivity index (χ0v) is 23.5. The molecule has 0 N–H and O–H groups in total. The molecule has 37 heavy (non-hydrogen) atoms. The number of morpholine rings is 1. The van der Waals surface area contributed by atoms with Crippen LogP contribution in [-0.4, -0.2) is 94.8 Å². The van der Waals surface area contributed by atoms with Crippen LogP contribution in [-0.2, 0) is 33.3 Å². The number of carbonyl (C=O) groups is 3. The van der Waals surface area contributed by atoms with Crippen molar-refractivity contribution in [3.05, 3.63) is 12.3 Å². The lowest BCUT2D eigenvalue weighted by atomic mass is 10.0. The van der Waals surface area contributed by atoms with Gasteiger partial charge in [-0.15, -0.1) is 4.37 Å². The van der Waals surface area contributed by atoms with Crippen LogP contribution in [0.4, 0.5) is 5.82 Å². The second-order valence-electron chi connectivity index (χ2n) is 9.70. The average Bonchev–Trinajstić information content (AvgIpc) is 3.28. The number of anilines is 1. The Hall–Kier alpha value is -2.93. The maximum atomic E-state index is 13.4. The van der Waals surface area contributed by atoms with Crippen LogP contribution >= 0.6 is 11.7 Å². The maximum Gasteiger partial charge on any atom is 0.347 e. The van der Waals surface area contributed by atoms with Gasteiger partial charge in [-0.25, -0.2) is 4.79 Å². The van der Waals surface area contributed by atoms with Gasteiger partial charge in [0.05, 0.1) is 37.2 Å². The molecule has 1 amide bonds. The van der Waals surface area contributed by atoms with Crippen molar-refractivity contribution in [3.8, 4) is 5.88 Å². The van der Waals surface area contributed by atoms with E-state index < -0.39 is 41.7 Å². The fourth-order valence-electron chi connectivity index (χ4n) is 3.55. The number of esters is 2. The summed E-state index contributed by atoms with van der Waals surface area (Å²) >= 11 is 1.02. The van der Waals surface area contributed by atoms with Gasteiger partial charge in [-0.2, -0.15) is 4.37 Å². The minimum atomic E-state index is -1.10. The van der Waals surface area contributed by atoms with Crippen molar-refractivity contribution in [3.63, 3.8) is 0 Å². The Morgan fingerprint density at radius 2 is 1.73 bits per heavy atom. The lowest BCUT2D eigenvalue weighted by Crippen LogP contribution is -2.54. The summed E-state index contributed by atoms with van der Waals surface area (Å²) in [4.78, 5) is 41.1. The van der Waals surface area contributed by atoms with Gasteiger partial charge < -0.3 is 33.5 Å². The molecule has 1 aliphatic heterocycles. The zero-order valence-electron chi connectivity index (χ0n) is 22.6. The van der Waals surface area contributed by atoms with Gasteiger partial charge in [0, 0.05) is 25.6 Å². The van der Waals surface area contributed by atoms with Gasteiger partial charge in [-0.1, -0.05) is 6.58 Å². The van der Waals surface area contributed by atoms with Crippen molar-refractivity contribution < 1.29 is 38.1 Å². The fourth-order valence-corrected chi connectivity index (χ4v) is 4.07. The smallest absolute Gasteiger partial charge is 0.347 e. The predicted octanol–water partition coefficient (Wildman–Crippen LogP) is 2.18. The molecule has 0 aromatic carbocycles. The molecule has 1 aromatic heterocycles. The number of aromatic nitrogens is 2. The molecule has 2 unspecified atom stereocenters. The topological polar surface area (TPSA) is 130 Å². The third-order valence-electron chi connectivity index (χ3n) is 5.30. The number of allylic oxidation sites excluding steroid dienone is 1. The maximum absolute atomic E-state index is 13.4. The van der Waals surface area contributed by atoms with Crippen molar-refractivity contribution in [2.75, 3.05) is 44.4 Å². The number of hydrogen-bond acceptors (Lipinski definition) is 12.